The average Bonchev–Trinajstić information content (AvgIpc) is 2.61. The van der Waals surface area contributed by atoms with Gasteiger partial charge in [-0.3, -0.25) is 0 Å². The van der Waals surface area contributed by atoms with Crippen molar-refractivity contribution < 1.29 is 13.2 Å². The van der Waals surface area contributed by atoms with E-state index in [4.69, 9.17) is 4.74 Å². The molecule has 25 heavy (non-hydrogen) atoms. The van der Waals surface area contributed by atoms with E-state index in [1.54, 1.807) is 12.1 Å². The molecule has 1 aliphatic rings. The molecule has 0 saturated heterocycles. The first kappa shape index (κ1) is 18.0. The summed E-state index contributed by atoms with van der Waals surface area (Å²) in [6.45, 7) is 4.09. The highest BCUT2D eigenvalue weighted by atomic mass is 32.2. The summed E-state index contributed by atoms with van der Waals surface area (Å²) in [6.07, 6.45) is 2.79. The van der Waals surface area contributed by atoms with Gasteiger partial charge < -0.3 is 4.74 Å². The Morgan fingerprint density at radius 2 is 1.92 bits per heavy atom. The highest BCUT2D eigenvalue weighted by molar-refractivity contribution is 7.89. The van der Waals surface area contributed by atoms with Crippen LogP contribution in [0.4, 0.5) is 0 Å². The molecule has 3 rings (SSSR count). The normalized spacial score (nSPS) is 17.4. The zero-order chi connectivity index (χ0) is 18.0. The van der Waals surface area contributed by atoms with Crippen molar-refractivity contribution >= 4 is 10.0 Å². The maximum absolute atomic E-state index is 13.1. The van der Waals surface area contributed by atoms with E-state index in [1.807, 2.05) is 38.1 Å². The number of benzene rings is 2. The fraction of sp³-hybridized carbons (Fsp3) is 0.400. The van der Waals surface area contributed by atoms with Gasteiger partial charge in [-0.05, 0) is 54.0 Å². The van der Waals surface area contributed by atoms with E-state index in [2.05, 4.69) is 10.8 Å². The van der Waals surface area contributed by atoms with E-state index in [9.17, 15) is 8.42 Å². The third-order valence-corrected chi connectivity index (χ3v) is 6.30. The molecule has 1 unspecified atom stereocenters. The molecule has 2 aromatic rings. The van der Waals surface area contributed by atoms with Crippen molar-refractivity contribution in [2.45, 2.75) is 50.0 Å². The first-order valence-electron chi connectivity index (χ1n) is 8.70. The minimum atomic E-state index is -3.68. The maximum Gasteiger partial charge on any atom is 0.244 e. The van der Waals surface area contributed by atoms with E-state index in [-0.39, 0.29) is 16.9 Å². The summed E-state index contributed by atoms with van der Waals surface area (Å²) in [6, 6.07) is 13.2. The molecule has 2 aromatic carbocycles. The number of hydrogen-bond donors (Lipinski definition) is 1. The first-order valence-corrected chi connectivity index (χ1v) is 10.2. The molecule has 5 heteroatoms. The highest BCUT2D eigenvalue weighted by Crippen LogP contribution is 2.33. The fourth-order valence-electron chi connectivity index (χ4n) is 3.39. The van der Waals surface area contributed by atoms with Gasteiger partial charge in [-0.25, -0.2) is 13.1 Å². The topological polar surface area (TPSA) is 55.4 Å². The van der Waals surface area contributed by atoms with E-state index < -0.39 is 10.0 Å². The molecule has 134 valence electrons. The van der Waals surface area contributed by atoms with Gasteiger partial charge in [0.25, 0.3) is 0 Å². The largest absolute Gasteiger partial charge is 0.495 e. The van der Waals surface area contributed by atoms with Crippen molar-refractivity contribution in [1.29, 1.82) is 0 Å². The van der Waals surface area contributed by atoms with Crippen LogP contribution in [-0.4, -0.2) is 15.5 Å². The van der Waals surface area contributed by atoms with Crippen LogP contribution in [0.2, 0.25) is 0 Å². The van der Waals surface area contributed by atoms with Crippen molar-refractivity contribution in [3.63, 3.8) is 0 Å². The second kappa shape index (κ2) is 7.18. The van der Waals surface area contributed by atoms with Gasteiger partial charge in [0.1, 0.15) is 10.6 Å². The van der Waals surface area contributed by atoms with Gasteiger partial charge in [-0.15, -0.1) is 0 Å². The van der Waals surface area contributed by atoms with Crippen LogP contribution in [0, 0.1) is 0 Å². The van der Waals surface area contributed by atoms with Crippen molar-refractivity contribution in [1.82, 2.24) is 4.72 Å². The summed E-state index contributed by atoms with van der Waals surface area (Å²) in [5, 5.41) is 0. The van der Waals surface area contributed by atoms with Crippen molar-refractivity contribution in [2.75, 3.05) is 7.11 Å². The Labute approximate surface area is 150 Å². The second-order valence-corrected chi connectivity index (χ2v) is 8.51. The molecule has 0 amide bonds. The Morgan fingerprint density at radius 3 is 2.64 bits per heavy atom. The standard InChI is InChI=1S/C20H25NO3S/c1-14(2)16-11-12-19(24-3)20(13-16)25(22,23)21-18-10-6-8-15-7-4-5-9-17(15)18/h4-5,7,9,11-14,18,21H,6,8,10H2,1-3H3. The quantitative estimate of drug-likeness (QED) is 0.871. The minimum absolute atomic E-state index is 0.192. The molecule has 0 aromatic heterocycles. The van der Waals surface area contributed by atoms with Crippen LogP contribution in [0.25, 0.3) is 0 Å². The zero-order valence-electron chi connectivity index (χ0n) is 15.0. The summed E-state index contributed by atoms with van der Waals surface area (Å²) in [7, 11) is -2.18. The lowest BCUT2D eigenvalue weighted by Gasteiger charge is -2.26. The Kier molecular flexibility index (Phi) is 5.16. The van der Waals surface area contributed by atoms with E-state index >= 15 is 0 Å². The van der Waals surface area contributed by atoms with Crippen molar-refractivity contribution in [3.8, 4) is 5.75 Å². The van der Waals surface area contributed by atoms with E-state index in [0.717, 1.165) is 30.4 Å². The smallest absolute Gasteiger partial charge is 0.244 e. The minimum Gasteiger partial charge on any atom is -0.495 e. The van der Waals surface area contributed by atoms with E-state index in [0.29, 0.717) is 5.75 Å². The summed E-state index contributed by atoms with van der Waals surface area (Å²) in [5.74, 6) is 0.622. The number of aryl methyl sites for hydroxylation is 1. The molecule has 0 spiro atoms. The average molecular weight is 359 g/mol. The number of nitrogens with one attached hydrogen (secondary N) is 1. The summed E-state index contributed by atoms with van der Waals surface area (Å²) in [5.41, 5.74) is 3.28. The Balaban J connectivity index is 1.97. The van der Waals surface area contributed by atoms with Crippen molar-refractivity contribution in [2.24, 2.45) is 0 Å². The predicted octanol–water partition coefficient (Wildman–Crippen LogP) is 4.17. The van der Waals surface area contributed by atoms with Crippen LogP contribution in [0.5, 0.6) is 5.75 Å². The van der Waals surface area contributed by atoms with Gasteiger partial charge in [0, 0.05) is 6.04 Å². The van der Waals surface area contributed by atoms with Gasteiger partial charge in [0.05, 0.1) is 7.11 Å². The third-order valence-electron chi connectivity index (χ3n) is 4.81. The molecular formula is C20H25NO3S. The summed E-state index contributed by atoms with van der Waals surface area (Å²) >= 11 is 0. The van der Waals surface area contributed by atoms with Crippen molar-refractivity contribution in [3.05, 3.63) is 59.2 Å². The van der Waals surface area contributed by atoms with Crippen LogP contribution in [0.15, 0.2) is 47.4 Å². The predicted molar refractivity (Wildman–Crippen MR) is 99.5 cm³/mol. The highest BCUT2D eigenvalue weighted by Gasteiger charge is 2.28. The maximum atomic E-state index is 13.1. The number of rotatable bonds is 5. The number of ether oxygens (including phenoxy) is 1. The number of fused-ring (bicyclic) bond motifs is 1. The molecule has 0 fully saturated rings. The van der Waals surface area contributed by atoms with Gasteiger partial charge >= 0.3 is 0 Å². The molecule has 0 heterocycles. The molecule has 0 radical (unpaired) electrons. The number of hydrogen-bond acceptors (Lipinski definition) is 3. The fourth-order valence-corrected chi connectivity index (χ4v) is 4.84. The summed E-state index contributed by atoms with van der Waals surface area (Å²) in [4.78, 5) is 0.212. The molecule has 0 aliphatic heterocycles. The molecule has 1 aliphatic carbocycles. The van der Waals surface area contributed by atoms with Gasteiger partial charge in [0.2, 0.25) is 10.0 Å². The Bertz CT molecular complexity index is 859. The van der Waals surface area contributed by atoms with Crippen LogP contribution < -0.4 is 9.46 Å². The molecule has 0 saturated carbocycles. The zero-order valence-corrected chi connectivity index (χ0v) is 15.8. The first-order chi connectivity index (χ1) is 11.9. The molecule has 4 nitrogen and oxygen atoms in total. The Morgan fingerprint density at radius 1 is 1.16 bits per heavy atom. The third kappa shape index (κ3) is 3.72. The number of sulfonamides is 1. The van der Waals surface area contributed by atoms with Gasteiger partial charge in [-0.1, -0.05) is 44.2 Å². The van der Waals surface area contributed by atoms with Crippen LogP contribution in [0.3, 0.4) is 0 Å². The molecule has 1 N–H and O–H groups in total. The van der Waals surface area contributed by atoms with Crippen LogP contribution in [-0.2, 0) is 16.4 Å². The van der Waals surface area contributed by atoms with Gasteiger partial charge in [0.15, 0.2) is 0 Å². The number of methoxy groups -OCH3 is 1. The molecular weight excluding hydrogens is 334 g/mol. The van der Waals surface area contributed by atoms with E-state index in [1.165, 1.54) is 12.7 Å². The molecule has 1 atom stereocenters. The lowest BCUT2D eigenvalue weighted by Crippen LogP contribution is -2.31. The Hall–Kier alpha value is -1.85. The lowest BCUT2D eigenvalue weighted by atomic mass is 9.88. The SMILES string of the molecule is COc1ccc(C(C)C)cc1S(=O)(=O)NC1CCCc2ccccc21. The monoisotopic (exact) mass is 359 g/mol. The summed E-state index contributed by atoms with van der Waals surface area (Å²) < 4.78 is 34.4. The van der Waals surface area contributed by atoms with Gasteiger partial charge in [-0.2, -0.15) is 0 Å². The van der Waals surface area contributed by atoms with Crippen LogP contribution >= 0.6 is 0 Å². The molecule has 0 bridgehead atoms. The lowest BCUT2D eigenvalue weighted by molar-refractivity contribution is 0.401. The second-order valence-electron chi connectivity index (χ2n) is 6.83. The van der Waals surface area contributed by atoms with Crippen LogP contribution in [0.1, 0.15) is 55.3 Å².